The zero-order valence-electron chi connectivity index (χ0n) is 18.7. The fraction of sp³-hybridized carbons (Fsp3) is 0.360. The molecule has 8 nitrogen and oxygen atoms in total. The molecule has 1 N–H and O–H groups in total. The van der Waals surface area contributed by atoms with Gasteiger partial charge in [0.25, 0.3) is 11.5 Å². The number of rotatable bonds is 5. The third-order valence-corrected chi connectivity index (χ3v) is 6.49. The van der Waals surface area contributed by atoms with Gasteiger partial charge in [0.2, 0.25) is 0 Å². The van der Waals surface area contributed by atoms with Crippen molar-refractivity contribution in [3.8, 4) is 5.75 Å². The van der Waals surface area contributed by atoms with Crippen LogP contribution in [0, 0.1) is 0 Å². The van der Waals surface area contributed by atoms with Crippen molar-refractivity contribution in [2.75, 3.05) is 20.2 Å². The minimum Gasteiger partial charge on any atom is -0.497 e. The van der Waals surface area contributed by atoms with Crippen LogP contribution in [0.25, 0.3) is 0 Å². The van der Waals surface area contributed by atoms with Gasteiger partial charge in [0.1, 0.15) is 11.6 Å². The summed E-state index contributed by atoms with van der Waals surface area (Å²) >= 11 is 0. The third-order valence-electron chi connectivity index (χ3n) is 6.49. The van der Waals surface area contributed by atoms with E-state index in [2.05, 4.69) is 27.0 Å². The average Bonchev–Trinajstić information content (AvgIpc) is 3.35. The lowest BCUT2D eigenvalue weighted by molar-refractivity contribution is 0.0729. The van der Waals surface area contributed by atoms with Crippen molar-refractivity contribution in [3.63, 3.8) is 0 Å². The molecule has 1 aromatic carbocycles. The maximum atomic E-state index is 13.0. The molecule has 5 rings (SSSR count). The number of hydrogen-bond acceptors (Lipinski definition) is 6. The number of likely N-dealkylation sites (tertiary alicyclic amines) is 1. The molecule has 0 bridgehead atoms. The number of amides is 1. The maximum absolute atomic E-state index is 13.0. The lowest BCUT2D eigenvalue weighted by Crippen LogP contribution is -2.37. The number of methoxy groups -OCH3 is 1. The van der Waals surface area contributed by atoms with Crippen LogP contribution in [-0.4, -0.2) is 50.9 Å². The monoisotopic (exact) mass is 445 g/mol. The van der Waals surface area contributed by atoms with Crippen LogP contribution in [0.1, 0.15) is 51.9 Å². The Balaban J connectivity index is 1.33. The molecule has 0 aliphatic carbocycles. The van der Waals surface area contributed by atoms with E-state index in [1.54, 1.807) is 31.6 Å². The van der Waals surface area contributed by atoms with Crippen molar-refractivity contribution in [2.45, 2.75) is 38.4 Å². The van der Waals surface area contributed by atoms with Crippen molar-refractivity contribution < 1.29 is 9.53 Å². The van der Waals surface area contributed by atoms with Crippen LogP contribution in [0.5, 0.6) is 5.75 Å². The molecule has 3 aromatic rings. The zero-order chi connectivity index (χ0) is 22.8. The first kappa shape index (κ1) is 21.3. The van der Waals surface area contributed by atoms with E-state index in [1.165, 1.54) is 5.56 Å². The van der Waals surface area contributed by atoms with E-state index < -0.39 is 0 Å². The van der Waals surface area contributed by atoms with Gasteiger partial charge < -0.3 is 14.6 Å². The van der Waals surface area contributed by atoms with Gasteiger partial charge in [-0.15, -0.1) is 0 Å². The van der Waals surface area contributed by atoms with Crippen LogP contribution >= 0.6 is 0 Å². The van der Waals surface area contributed by atoms with Gasteiger partial charge in [-0.1, -0.05) is 12.1 Å². The quantitative estimate of drug-likeness (QED) is 0.649. The largest absolute Gasteiger partial charge is 0.497 e. The Kier molecular flexibility index (Phi) is 5.92. The molecule has 8 heteroatoms. The minimum absolute atomic E-state index is 0.0501. The van der Waals surface area contributed by atoms with Crippen molar-refractivity contribution in [1.82, 2.24) is 24.8 Å². The molecular weight excluding hydrogens is 418 g/mol. The van der Waals surface area contributed by atoms with Gasteiger partial charge in [0, 0.05) is 50.6 Å². The predicted molar refractivity (Wildman–Crippen MR) is 123 cm³/mol. The number of carbonyl (C=O) groups is 1. The second-order valence-corrected chi connectivity index (χ2v) is 8.58. The van der Waals surface area contributed by atoms with Crippen molar-refractivity contribution >= 4 is 5.91 Å². The SMILES string of the molecule is COc1ccc(CN2CCc3nc([C@H]4CCCN4C(=O)c4ccncc4)[nH]c(=O)c3C2)cc1. The first-order valence-electron chi connectivity index (χ1n) is 11.3. The standard InChI is InChI=1S/C25H27N5O3/c1-33-19-6-4-17(5-7-19)15-29-14-10-21-20(16-29)24(31)28-23(27-21)22-3-2-13-30(22)25(32)18-8-11-26-12-9-18/h4-9,11-12,22H,2-3,10,13-16H2,1H3,(H,27,28,31)/t22-/m1/s1. The number of aromatic amines is 1. The molecule has 4 heterocycles. The van der Waals surface area contributed by atoms with Crippen LogP contribution in [0.2, 0.25) is 0 Å². The molecule has 1 saturated heterocycles. The number of ether oxygens (including phenoxy) is 1. The average molecular weight is 446 g/mol. The van der Waals surface area contributed by atoms with Gasteiger partial charge in [0.05, 0.1) is 24.4 Å². The first-order chi connectivity index (χ1) is 16.1. The number of pyridine rings is 1. The summed E-state index contributed by atoms with van der Waals surface area (Å²) in [7, 11) is 1.66. The molecule has 170 valence electrons. The topological polar surface area (TPSA) is 91.4 Å². The first-order valence-corrected chi connectivity index (χ1v) is 11.3. The van der Waals surface area contributed by atoms with Crippen LogP contribution in [0.4, 0.5) is 0 Å². The van der Waals surface area contributed by atoms with Gasteiger partial charge in [-0.2, -0.15) is 0 Å². The van der Waals surface area contributed by atoms with E-state index in [0.717, 1.165) is 42.9 Å². The summed E-state index contributed by atoms with van der Waals surface area (Å²) in [5.74, 6) is 1.38. The summed E-state index contributed by atoms with van der Waals surface area (Å²) in [5.41, 5.74) is 3.26. The van der Waals surface area contributed by atoms with Gasteiger partial charge in [-0.25, -0.2) is 4.98 Å². The summed E-state index contributed by atoms with van der Waals surface area (Å²) in [6, 6.07) is 11.2. The highest BCUT2D eigenvalue weighted by Gasteiger charge is 2.33. The summed E-state index contributed by atoms with van der Waals surface area (Å²) in [6.07, 6.45) is 5.64. The number of carbonyl (C=O) groups excluding carboxylic acids is 1. The van der Waals surface area contributed by atoms with Crippen LogP contribution < -0.4 is 10.3 Å². The molecule has 1 atom stereocenters. The summed E-state index contributed by atoms with van der Waals surface area (Å²) in [4.78, 5) is 42.0. The Morgan fingerprint density at radius 1 is 1.15 bits per heavy atom. The highest BCUT2D eigenvalue weighted by Crippen LogP contribution is 2.31. The summed E-state index contributed by atoms with van der Waals surface area (Å²) in [5, 5.41) is 0. The molecule has 2 aromatic heterocycles. The molecule has 33 heavy (non-hydrogen) atoms. The number of benzene rings is 1. The molecule has 0 radical (unpaired) electrons. The smallest absolute Gasteiger partial charge is 0.255 e. The normalized spacial score (nSPS) is 18.2. The Labute approximate surface area is 192 Å². The third kappa shape index (κ3) is 4.39. The van der Waals surface area contributed by atoms with Crippen molar-refractivity contribution in [3.05, 3.63) is 87.4 Å². The fourth-order valence-electron chi connectivity index (χ4n) is 4.74. The van der Waals surface area contributed by atoms with E-state index >= 15 is 0 Å². The molecule has 0 unspecified atom stereocenters. The molecular formula is C25H27N5O3. The van der Waals surface area contributed by atoms with E-state index in [1.807, 2.05) is 17.0 Å². The van der Waals surface area contributed by atoms with E-state index in [4.69, 9.17) is 9.72 Å². The summed E-state index contributed by atoms with van der Waals surface area (Å²) in [6.45, 7) is 2.82. The second kappa shape index (κ2) is 9.15. The molecule has 1 amide bonds. The van der Waals surface area contributed by atoms with Crippen LogP contribution in [0.3, 0.4) is 0 Å². The van der Waals surface area contributed by atoms with Crippen molar-refractivity contribution in [1.29, 1.82) is 0 Å². The Morgan fingerprint density at radius 2 is 1.94 bits per heavy atom. The highest BCUT2D eigenvalue weighted by atomic mass is 16.5. The Bertz CT molecular complexity index is 1190. The fourth-order valence-corrected chi connectivity index (χ4v) is 4.74. The number of fused-ring (bicyclic) bond motifs is 1. The van der Waals surface area contributed by atoms with Gasteiger partial charge in [0.15, 0.2) is 0 Å². The van der Waals surface area contributed by atoms with Crippen molar-refractivity contribution in [2.24, 2.45) is 0 Å². The van der Waals surface area contributed by atoms with Gasteiger partial charge in [-0.05, 0) is 42.7 Å². The highest BCUT2D eigenvalue weighted by molar-refractivity contribution is 5.94. The number of aromatic nitrogens is 3. The van der Waals surface area contributed by atoms with E-state index in [0.29, 0.717) is 30.9 Å². The van der Waals surface area contributed by atoms with E-state index in [-0.39, 0.29) is 17.5 Å². The zero-order valence-corrected chi connectivity index (χ0v) is 18.7. The maximum Gasteiger partial charge on any atom is 0.255 e. The molecule has 0 spiro atoms. The number of nitrogens with one attached hydrogen (secondary N) is 1. The van der Waals surface area contributed by atoms with Gasteiger partial charge >= 0.3 is 0 Å². The molecule has 1 fully saturated rings. The summed E-state index contributed by atoms with van der Waals surface area (Å²) < 4.78 is 5.23. The van der Waals surface area contributed by atoms with Crippen LogP contribution in [0.15, 0.2) is 53.6 Å². The molecule has 2 aliphatic heterocycles. The lowest BCUT2D eigenvalue weighted by Gasteiger charge is -2.29. The van der Waals surface area contributed by atoms with E-state index in [9.17, 15) is 9.59 Å². The van der Waals surface area contributed by atoms with Gasteiger partial charge in [-0.3, -0.25) is 19.5 Å². The second-order valence-electron chi connectivity index (χ2n) is 8.58. The van der Waals surface area contributed by atoms with Crippen LogP contribution in [-0.2, 0) is 19.5 Å². The number of H-pyrrole nitrogens is 1. The Morgan fingerprint density at radius 3 is 2.70 bits per heavy atom. The minimum atomic E-state index is -0.207. The number of nitrogens with zero attached hydrogens (tertiary/aromatic N) is 4. The Hall–Kier alpha value is -3.52. The molecule has 0 saturated carbocycles. The number of hydrogen-bond donors (Lipinski definition) is 1. The predicted octanol–water partition coefficient (Wildman–Crippen LogP) is 2.71. The lowest BCUT2D eigenvalue weighted by atomic mass is 10.0. The molecule has 2 aliphatic rings.